The van der Waals surface area contributed by atoms with Gasteiger partial charge < -0.3 is 5.32 Å². The minimum Gasteiger partial charge on any atom is -0.326 e. The van der Waals surface area contributed by atoms with Crippen LogP contribution in [0.3, 0.4) is 0 Å². The predicted octanol–water partition coefficient (Wildman–Crippen LogP) is 5.41. The molecule has 2 amide bonds. The first-order valence-electron chi connectivity index (χ1n) is 10.4. The van der Waals surface area contributed by atoms with E-state index in [0.29, 0.717) is 15.0 Å². The summed E-state index contributed by atoms with van der Waals surface area (Å²) in [5.41, 5.74) is 0.565. The molecule has 33 heavy (non-hydrogen) atoms. The number of nitrogens with zero attached hydrogens (tertiary/aromatic N) is 2. The summed E-state index contributed by atoms with van der Waals surface area (Å²) >= 11 is 13.7. The summed E-state index contributed by atoms with van der Waals surface area (Å²) in [6.07, 6.45) is 4.46. The molecule has 0 unspecified atom stereocenters. The highest BCUT2D eigenvalue weighted by Crippen LogP contribution is 2.37. The number of hydrogen-bond acceptors (Lipinski definition) is 6. The Hall–Kier alpha value is -1.59. The molecule has 12 heteroatoms. The molecule has 176 valence electrons. The summed E-state index contributed by atoms with van der Waals surface area (Å²) in [5.74, 6) is -0.628. The number of amidine groups is 1. The van der Waals surface area contributed by atoms with Gasteiger partial charge in [-0.3, -0.25) is 14.5 Å². The number of thioether (sulfide) groups is 1. The Morgan fingerprint density at radius 2 is 1.79 bits per heavy atom. The second-order valence-corrected chi connectivity index (χ2v) is 12.9. The quantitative estimate of drug-likeness (QED) is 0.523. The maximum Gasteiger partial charge on any atom is 0.294 e. The van der Waals surface area contributed by atoms with E-state index in [1.807, 2.05) is 0 Å². The van der Waals surface area contributed by atoms with E-state index in [9.17, 15) is 18.0 Å². The lowest BCUT2D eigenvalue weighted by atomic mass is 9.94. The van der Waals surface area contributed by atoms with Crippen LogP contribution in [0.2, 0.25) is 9.36 Å². The first-order chi connectivity index (χ1) is 15.7. The average molecular weight is 547 g/mol. The number of thiophene rings is 1. The van der Waals surface area contributed by atoms with Gasteiger partial charge in [0.1, 0.15) is 9.46 Å². The number of carbonyl (C=O) groups excluding carboxylic acids is 2. The minimum absolute atomic E-state index is 0.0144. The van der Waals surface area contributed by atoms with Crippen molar-refractivity contribution in [1.82, 2.24) is 4.90 Å². The second-order valence-electron chi connectivity index (χ2n) is 7.77. The van der Waals surface area contributed by atoms with Crippen molar-refractivity contribution in [3.05, 3.63) is 45.8 Å². The number of nitrogens with one attached hydrogen (secondary N) is 1. The molecule has 4 rings (SSSR count). The van der Waals surface area contributed by atoms with E-state index < -0.39 is 15.3 Å². The van der Waals surface area contributed by atoms with Crippen molar-refractivity contribution in [2.75, 3.05) is 5.32 Å². The van der Waals surface area contributed by atoms with Crippen molar-refractivity contribution < 1.29 is 18.0 Å². The van der Waals surface area contributed by atoms with Gasteiger partial charge in [-0.2, -0.15) is 8.42 Å². The highest BCUT2D eigenvalue weighted by atomic mass is 35.5. The van der Waals surface area contributed by atoms with Crippen molar-refractivity contribution >= 4 is 79.0 Å². The summed E-state index contributed by atoms with van der Waals surface area (Å²) < 4.78 is 30.1. The lowest BCUT2D eigenvalue weighted by molar-refractivity contribution is -0.130. The summed E-state index contributed by atoms with van der Waals surface area (Å²) in [6.45, 7) is 0. The van der Waals surface area contributed by atoms with Gasteiger partial charge in [0.05, 0.1) is 4.34 Å². The van der Waals surface area contributed by atoms with Gasteiger partial charge in [-0.05, 0) is 49.2 Å². The van der Waals surface area contributed by atoms with Crippen LogP contribution in [0.15, 0.2) is 45.0 Å². The zero-order valence-corrected chi connectivity index (χ0v) is 21.3. The van der Waals surface area contributed by atoms with Crippen molar-refractivity contribution in [3.8, 4) is 0 Å². The number of amides is 2. The first-order valence-corrected chi connectivity index (χ1v) is 14.3. The maximum atomic E-state index is 13.3. The molecular formula is C21H21Cl2N3O4S3. The number of anilines is 1. The Labute approximate surface area is 210 Å². The molecule has 0 radical (unpaired) electrons. The van der Waals surface area contributed by atoms with Gasteiger partial charge in [0, 0.05) is 23.2 Å². The van der Waals surface area contributed by atoms with Gasteiger partial charge in [0.15, 0.2) is 5.17 Å². The summed E-state index contributed by atoms with van der Waals surface area (Å²) in [6, 6.07) is 9.43. The molecule has 1 aromatic heterocycles. The smallest absolute Gasteiger partial charge is 0.294 e. The van der Waals surface area contributed by atoms with Gasteiger partial charge in [-0.1, -0.05) is 54.2 Å². The molecule has 1 aromatic carbocycles. The SMILES string of the molecule is O=C(C[C@H]1SC(=NS(=O)(=O)c2ccc(Cl)s2)N(C2CCCCC2)C1=O)Nc1ccc(Cl)cc1. The number of halogens is 2. The average Bonchev–Trinajstić information content (AvgIpc) is 3.34. The zero-order chi connectivity index (χ0) is 23.6. The fourth-order valence-electron chi connectivity index (χ4n) is 3.85. The van der Waals surface area contributed by atoms with Gasteiger partial charge in [0.2, 0.25) is 11.8 Å². The molecule has 1 N–H and O–H groups in total. The largest absolute Gasteiger partial charge is 0.326 e. The van der Waals surface area contributed by atoms with E-state index >= 15 is 0 Å². The minimum atomic E-state index is -4.03. The van der Waals surface area contributed by atoms with Crippen LogP contribution in [0, 0.1) is 0 Å². The van der Waals surface area contributed by atoms with Crippen LogP contribution in [-0.2, 0) is 19.6 Å². The molecule has 1 aliphatic carbocycles. The Morgan fingerprint density at radius 3 is 2.42 bits per heavy atom. The van der Waals surface area contributed by atoms with Crippen LogP contribution >= 0.6 is 46.3 Å². The molecule has 2 fully saturated rings. The molecule has 1 saturated heterocycles. The van der Waals surface area contributed by atoms with E-state index in [0.717, 1.165) is 55.2 Å². The van der Waals surface area contributed by atoms with Gasteiger partial charge in [0.25, 0.3) is 10.0 Å². The molecule has 2 aromatic rings. The van der Waals surface area contributed by atoms with Crippen LogP contribution in [0.1, 0.15) is 38.5 Å². The van der Waals surface area contributed by atoms with Crippen molar-refractivity contribution in [3.63, 3.8) is 0 Å². The van der Waals surface area contributed by atoms with Crippen molar-refractivity contribution in [2.45, 2.75) is 54.0 Å². The van der Waals surface area contributed by atoms with E-state index in [2.05, 4.69) is 9.71 Å². The lowest BCUT2D eigenvalue weighted by Crippen LogP contribution is -2.42. The molecule has 2 aliphatic rings. The van der Waals surface area contributed by atoms with Gasteiger partial charge >= 0.3 is 0 Å². The Balaban J connectivity index is 1.56. The third-order valence-corrected chi connectivity index (χ3v) is 9.89. The number of carbonyl (C=O) groups is 2. The maximum absolute atomic E-state index is 13.3. The topological polar surface area (TPSA) is 95.9 Å². The standard InChI is InChI=1S/C21H21Cl2N3O4S3/c22-13-6-8-14(9-7-13)24-18(27)12-16-20(28)26(15-4-2-1-3-5-15)21(31-16)25-33(29,30)19-11-10-17(23)32-19/h6-11,15-16H,1-5,12H2,(H,24,27)/t16-/m1/s1. The number of hydrogen-bond donors (Lipinski definition) is 1. The van der Waals surface area contributed by atoms with Crippen LogP contribution < -0.4 is 5.32 Å². The molecule has 0 spiro atoms. The van der Waals surface area contributed by atoms with Crippen molar-refractivity contribution in [2.24, 2.45) is 4.40 Å². The lowest BCUT2D eigenvalue weighted by Gasteiger charge is -2.30. The van der Waals surface area contributed by atoms with Crippen LogP contribution in [0.25, 0.3) is 0 Å². The molecule has 1 aliphatic heterocycles. The van der Waals surface area contributed by atoms with Gasteiger partial charge in [-0.15, -0.1) is 15.7 Å². The predicted molar refractivity (Wildman–Crippen MR) is 134 cm³/mol. The fourth-order valence-corrected chi connectivity index (χ4v) is 7.84. The monoisotopic (exact) mass is 545 g/mol. The van der Waals surface area contributed by atoms with Gasteiger partial charge in [-0.25, -0.2) is 0 Å². The Bertz CT molecular complexity index is 1180. The normalized spacial score (nSPS) is 21.0. The van der Waals surface area contributed by atoms with E-state index in [1.54, 1.807) is 24.3 Å². The Kier molecular flexibility index (Phi) is 7.69. The molecule has 0 bridgehead atoms. The third kappa shape index (κ3) is 5.92. The summed E-state index contributed by atoms with van der Waals surface area (Å²) in [7, 11) is -4.03. The van der Waals surface area contributed by atoms with E-state index in [4.69, 9.17) is 23.2 Å². The molecule has 1 saturated carbocycles. The number of sulfonamides is 1. The number of rotatable bonds is 6. The molecular weight excluding hydrogens is 525 g/mol. The van der Waals surface area contributed by atoms with Crippen LogP contribution in [0.5, 0.6) is 0 Å². The van der Waals surface area contributed by atoms with Crippen LogP contribution in [0.4, 0.5) is 5.69 Å². The zero-order valence-electron chi connectivity index (χ0n) is 17.4. The number of benzene rings is 1. The summed E-state index contributed by atoms with van der Waals surface area (Å²) in [5, 5.41) is 2.67. The first kappa shape index (κ1) is 24.5. The van der Waals surface area contributed by atoms with E-state index in [1.165, 1.54) is 17.0 Å². The molecule has 2 heterocycles. The molecule has 7 nitrogen and oxygen atoms in total. The summed E-state index contributed by atoms with van der Waals surface area (Å²) in [4.78, 5) is 27.4. The second kappa shape index (κ2) is 10.4. The van der Waals surface area contributed by atoms with Crippen LogP contribution in [-0.4, -0.2) is 41.6 Å². The third-order valence-electron chi connectivity index (χ3n) is 5.41. The van der Waals surface area contributed by atoms with E-state index in [-0.39, 0.29) is 33.7 Å². The molecule has 1 atom stereocenters. The highest BCUT2D eigenvalue weighted by Gasteiger charge is 2.43. The fraction of sp³-hybridized carbons (Fsp3) is 0.381. The highest BCUT2D eigenvalue weighted by molar-refractivity contribution is 8.16. The van der Waals surface area contributed by atoms with Crippen molar-refractivity contribution in [1.29, 1.82) is 0 Å². The Morgan fingerprint density at radius 1 is 1.09 bits per heavy atom.